The number of hydrogen-bond donors (Lipinski definition) is 2. The molecule has 1 fully saturated rings. The van der Waals surface area contributed by atoms with Gasteiger partial charge in [-0.15, -0.1) is 0 Å². The van der Waals surface area contributed by atoms with E-state index in [0.717, 1.165) is 4.90 Å². The van der Waals surface area contributed by atoms with Crippen molar-refractivity contribution in [2.24, 2.45) is 0 Å². The molecule has 0 aliphatic carbocycles. The Hall–Kier alpha value is -1.47. The van der Waals surface area contributed by atoms with E-state index in [1.54, 1.807) is 12.1 Å². The fraction of sp³-hybridized carbons (Fsp3) is 0.364. The molecule has 1 saturated heterocycles. The number of pyridine rings is 1. The summed E-state index contributed by atoms with van der Waals surface area (Å²) < 4.78 is 0.500. The first-order chi connectivity index (χ1) is 8.50. The fourth-order valence-electron chi connectivity index (χ4n) is 1.95. The third-order valence-electron chi connectivity index (χ3n) is 2.79. The van der Waals surface area contributed by atoms with Crippen molar-refractivity contribution in [3.05, 3.63) is 28.5 Å². The second-order valence-electron chi connectivity index (χ2n) is 4.03. The third-order valence-corrected chi connectivity index (χ3v) is 3.43. The predicted octanol–water partition coefficient (Wildman–Crippen LogP) is 0.504. The highest BCUT2D eigenvalue weighted by Gasteiger charge is 2.40. The number of aliphatic hydroxyl groups excluding tert-OH is 1. The molecule has 2 rings (SSSR count). The molecule has 18 heavy (non-hydrogen) atoms. The molecule has 0 saturated carbocycles. The summed E-state index contributed by atoms with van der Waals surface area (Å²) in [7, 11) is 0. The van der Waals surface area contributed by atoms with Crippen LogP contribution in [0.1, 0.15) is 16.9 Å². The first-order valence-corrected chi connectivity index (χ1v) is 6.12. The number of aliphatic hydroxyl groups is 1. The number of likely N-dealkylation sites (tertiary alicyclic amines) is 1. The minimum absolute atomic E-state index is 0.0127. The highest BCUT2D eigenvalue weighted by molar-refractivity contribution is 9.10. The fourth-order valence-corrected chi connectivity index (χ4v) is 2.38. The van der Waals surface area contributed by atoms with E-state index in [4.69, 9.17) is 5.11 Å². The number of aliphatic carboxylic acids is 1. The van der Waals surface area contributed by atoms with E-state index in [2.05, 4.69) is 20.9 Å². The van der Waals surface area contributed by atoms with Gasteiger partial charge in [0.25, 0.3) is 5.91 Å². The summed E-state index contributed by atoms with van der Waals surface area (Å²) in [6.07, 6.45) is 0.698. The molecule has 2 unspecified atom stereocenters. The number of amides is 1. The standard InChI is InChI=1S/C11H11BrN2O4/c12-7-2-1-3-13-9(7)10(16)14-5-6(15)4-8(14)11(17)18/h1-3,6,8,15H,4-5H2,(H,17,18). The smallest absolute Gasteiger partial charge is 0.326 e. The summed E-state index contributed by atoms with van der Waals surface area (Å²) in [5.74, 6) is -1.61. The zero-order valence-electron chi connectivity index (χ0n) is 9.28. The van der Waals surface area contributed by atoms with Crippen molar-refractivity contribution in [2.75, 3.05) is 6.54 Å². The van der Waals surface area contributed by atoms with Gasteiger partial charge in [-0.05, 0) is 28.1 Å². The Morgan fingerprint density at radius 1 is 1.50 bits per heavy atom. The number of halogens is 1. The Labute approximate surface area is 111 Å². The van der Waals surface area contributed by atoms with Crippen LogP contribution in [0.3, 0.4) is 0 Å². The monoisotopic (exact) mass is 314 g/mol. The molecule has 1 amide bonds. The van der Waals surface area contributed by atoms with Crippen LogP contribution in [0.2, 0.25) is 0 Å². The van der Waals surface area contributed by atoms with E-state index in [9.17, 15) is 14.7 Å². The maximum absolute atomic E-state index is 12.2. The van der Waals surface area contributed by atoms with Crippen LogP contribution in [0, 0.1) is 0 Å². The van der Waals surface area contributed by atoms with Gasteiger partial charge in [-0.1, -0.05) is 0 Å². The second kappa shape index (κ2) is 5.03. The summed E-state index contributed by atoms with van der Waals surface area (Å²) >= 11 is 3.20. The summed E-state index contributed by atoms with van der Waals surface area (Å²) in [6, 6.07) is 2.32. The van der Waals surface area contributed by atoms with E-state index in [0.29, 0.717) is 4.47 Å². The van der Waals surface area contributed by atoms with Gasteiger partial charge in [-0.3, -0.25) is 4.79 Å². The minimum atomic E-state index is -1.12. The van der Waals surface area contributed by atoms with Crippen molar-refractivity contribution in [3.8, 4) is 0 Å². The average Bonchev–Trinajstić information content (AvgIpc) is 2.71. The maximum Gasteiger partial charge on any atom is 0.326 e. The lowest BCUT2D eigenvalue weighted by Crippen LogP contribution is -2.41. The van der Waals surface area contributed by atoms with Crippen molar-refractivity contribution in [3.63, 3.8) is 0 Å². The molecular weight excluding hydrogens is 304 g/mol. The van der Waals surface area contributed by atoms with Gasteiger partial charge in [0.15, 0.2) is 0 Å². The highest BCUT2D eigenvalue weighted by Crippen LogP contribution is 2.23. The van der Waals surface area contributed by atoms with Crippen molar-refractivity contribution < 1.29 is 19.8 Å². The topological polar surface area (TPSA) is 90.7 Å². The number of nitrogens with zero attached hydrogens (tertiary/aromatic N) is 2. The molecule has 1 aromatic heterocycles. The number of carbonyl (C=O) groups excluding carboxylic acids is 1. The van der Waals surface area contributed by atoms with Crippen LogP contribution in [-0.4, -0.2) is 50.7 Å². The normalized spacial score (nSPS) is 23.1. The van der Waals surface area contributed by atoms with Crippen molar-refractivity contribution >= 4 is 27.8 Å². The lowest BCUT2D eigenvalue weighted by Gasteiger charge is -2.20. The Morgan fingerprint density at radius 2 is 2.22 bits per heavy atom. The van der Waals surface area contributed by atoms with Crippen LogP contribution in [0.5, 0.6) is 0 Å². The summed E-state index contributed by atoms with van der Waals surface area (Å²) in [5, 5.41) is 18.5. The van der Waals surface area contributed by atoms with Crippen LogP contribution in [0.15, 0.2) is 22.8 Å². The average molecular weight is 315 g/mol. The lowest BCUT2D eigenvalue weighted by molar-refractivity contribution is -0.141. The summed E-state index contributed by atoms with van der Waals surface area (Å²) in [6.45, 7) is 0.0127. The van der Waals surface area contributed by atoms with Gasteiger partial charge in [0.1, 0.15) is 11.7 Å². The number of carbonyl (C=O) groups is 2. The Kier molecular flexibility index (Phi) is 3.63. The molecule has 0 spiro atoms. The highest BCUT2D eigenvalue weighted by atomic mass is 79.9. The maximum atomic E-state index is 12.2. The third kappa shape index (κ3) is 2.37. The SMILES string of the molecule is O=C(O)C1CC(O)CN1C(=O)c1ncccc1Br. The number of β-amino-alcohol motifs (C(OH)–C–C–N with tert-alkyl or cyclic N) is 1. The van der Waals surface area contributed by atoms with E-state index in [1.807, 2.05) is 0 Å². The van der Waals surface area contributed by atoms with Crippen molar-refractivity contribution in [2.45, 2.75) is 18.6 Å². The number of carboxylic acids is 1. The molecular formula is C11H11BrN2O4. The zero-order chi connectivity index (χ0) is 13.3. The zero-order valence-corrected chi connectivity index (χ0v) is 10.9. The number of rotatable bonds is 2. The van der Waals surface area contributed by atoms with E-state index < -0.39 is 24.0 Å². The molecule has 0 bridgehead atoms. The largest absolute Gasteiger partial charge is 0.480 e. The van der Waals surface area contributed by atoms with E-state index in [1.165, 1.54) is 6.20 Å². The van der Waals surface area contributed by atoms with Gasteiger partial charge in [0.2, 0.25) is 0 Å². The summed E-state index contributed by atoms with van der Waals surface area (Å²) in [4.78, 5) is 28.3. The lowest BCUT2D eigenvalue weighted by atomic mass is 10.2. The number of carboxylic acid groups (broad SMARTS) is 1. The number of hydrogen-bond acceptors (Lipinski definition) is 4. The molecule has 2 N–H and O–H groups in total. The van der Waals surface area contributed by atoms with Gasteiger partial charge in [-0.25, -0.2) is 9.78 Å². The first-order valence-electron chi connectivity index (χ1n) is 5.33. The summed E-state index contributed by atoms with van der Waals surface area (Å²) in [5.41, 5.74) is 0.151. The van der Waals surface area contributed by atoms with E-state index in [-0.39, 0.29) is 18.7 Å². The molecule has 0 radical (unpaired) electrons. The molecule has 2 atom stereocenters. The van der Waals surface area contributed by atoms with Gasteiger partial charge in [0.05, 0.1) is 6.10 Å². The second-order valence-corrected chi connectivity index (χ2v) is 4.89. The van der Waals surface area contributed by atoms with Gasteiger partial charge >= 0.3 is 5.97 Å². The van der Waals surface area contributed by atoms with Crippen LogP contribution in [0.25, 0.3) is 0 Å². The molecule has 1 aliphatic rings. The molecule has 0 aromatic carbocycles. The molecule has 2 heterocycles. The quantitative estimate of drug-likeness (QED) is 0.829. The van der Waals surface area contributed by atoms with Crippen LogP contribution in [0.4, 0.5) is 0 Å². The van der Waals surface area contributed by atoms with Crippen LogP contribution < -0.4 is 0 Å². The van der Waals surface area contributed by atoms with Crippen LogP contribution in [-0.2, 0) is 4.79 Å². The minimum Gasteiger partial charge on any atom is -0.480 e. The van der Waals surface area contributed by atoms with Gasteiger partial charge < -0.3 is 15.1 Å². The number of aromatic nitrogens is 1. The Balaban J connectivity index is 2.28. The van der Waals surface area contributed by atoms with Gasteiger partial charge in [0, 0.05) is 23.6 Å². The van der Waals surface area contributed by atoms with Crippen molar-refractivity contribution in [1.29, 1.82) is 0 Å². The Bertz CT molecular complexity index is 494. The van der Waals surface area contributed by atoms with E-state index >= 15 is 0 Å². The molecule has 96 valence electrons. The first kappa shape index (κ1) is 13.0. The molecule has 1 aliphatic heterocycles. The van der Waals surface area contributed by atoms with Gasteiger partial charge in [-0.2, -0.15) is 0 Å². The van der Waals surface area contributed by atoms with Crippen molar-refractivity contribution in [1.82, 2.24) is 9.88 Å². The predicted molar refractivity (Wildman–Crippen MR) is 65.0 cm³/mol. The van der Waals surface area contributed by atoms with Crippen LogP contribution >= 0.6 is 15.9 Å². The molecule has 1 aromatic rings. The molecule has 7 heteroatoms. The Morgan fingerprint density at radius 3 is 2.83 bits per heavy atom. The molecule has 6 nitrogen and oxygen atoms in total.